The number of halogens is 4. The Bertz CT molecular complexity index is 1540. The summed E-state index contributed by atoms with van der Waals surface area (Å²) in [7, 11) is 1.55. The molecule has 1 N–H and O–H groups in total. The van der Waals surface area contributed by atoms with Gasteiger partial charge in [0.15, 0.2) is 0 Å². The van der Waals surface area contributed by atoms with Crippen LogP contribution in [0.15, 0.2) is 53.1 Å². The largest absolute Gasteiger partial charge is 0.417 e. The average molecular weight is 647 g/mol. The minimum Gasteiger partial charge on any atom is -0.355 e. The SMILES string of the molecule is CNC(=O)c1ccc(N2C(=O)C3C[C@@H](C)N(C(=O)c4ccc(Br)c(C(F)(F)F)c4)CC3n3ncc(CC(C)C)c32)cc1. The highest BCUT2D eigenvalue weighted by molar-refractivity contribution is 9.10. The second-order valence-electron chi connectivity index (χ2n) is 11.2. The van der Waals surface area contributed by atoms with E-state index < -0.39 is 35.6 Å². The van der Waals surface area contributed by atoms with E-state index in [2.05, 4.69) is 40.2 Å². The van der Waals surface area contributed by atoms with Gasteiger partial charge in [-0.2, -0.15) is 18.3 Å². The van der Waals surface area contributed by atoms with Crippen molar-refractivity contribution in [2.24, 2.45) is 11.8 Å². The summed E-state index contributed by atoms with van der Waals surface area (Å²) in [6.07, 6.45) is -1.91. The van der Waals surface area contributed by atoms with Crippen LogP contribution in [0.2, 0.25) is 0 Å². The number of piperidine rings is 1. The molecule has 1 aromatic heterocycles. The number of alkyl halides is 3. The predicted molar refractivity (Wildman–Crippen MR) is 155 cm³/mol. The van der Waals surface area contributed by atoms with E-state index in [9.17, 15) is 27.6 Å². The molecule has 3 amide bonds. The number of carbonyl (C=O) groups is 3. The van der Waals surface area contributed by atoms with Crippen LogP contribution in [0.3, 0.4) is 0 Å². The minimum atomic E-state index is -4.62. The van der Waals surface area contributed by atoms with Gasteiger partial charge in [0.1, 0.15) is 5.82 Å². The number of amides is 3. The third-order valence-corrected chi connectivity index (χ3v) is 8.60. The van der Waals surface area contributed by atoms with Crippen LogP contribution in [0.5, 0.6) is 0 Å². The zero-order valence-electron chi connectivity index (χ0n) is 23.6. The maximum absolute atomic E-state index is 14.2. The molecule has 0 aliphatic carbocycles. The molecule has 0 radical (unpaired) electrons. The second-order valence-corrected chi connectivity index (χ2v) is 12.1. The first-order chi connectivity index (χ1) is 19.8. The monoisotopic (exact) mass is 645 g/mol. The molecular weight excluding hydrogens is 615 g/mol. The summed E-state index contributed by atoms with van der Waals surface area (Å²) in [5.74, 6) is -0.558. The third kappa shape index (κ3) is 5.32. The Balaban J connectivity index is 1.53. The normalized spacial score (nSPS) is 20.4. The van der Waals surface area contributed by atoms with Crippen LogP contribution in [0.4, 0.5) is 24.7 Å². The van der Waals surface area contributed by atoms with Gasteiger partial charge >= 0.3 is 6.18 Å². The summed E-state index contributed by atoms with van der Waals surface area (Å²) in [4.78, 5) is 43.1. The molecule has 2 aliphatic rings. The fourth-order valence-corrected chi connectivity index (χ4v) is 6.36. The molecule has 1 fully saturated rings. The molecule has 0 saturated carbocycles. The lowest BCUT2D eigenvalue weighted by molar-refractivity contribution is -0.138. The molecule has 0 bridgehead atoms. The van der Waals surface area contributed by atoms with Crippen molar-refractivity contribution in [3.8, 4) is 0 Å². The molecule has 2 aromatic carbocycles. The number of fused-ring (bicyclic) bond motifs is 3. The van der Waals surface area contributed by atoms with Crippen LogP contribution >= 0.6 is 15.9 Å². The number of benzene rings is 2. The number of carbonyl (C=O) groups excluding carboxylic acids is 3. The van der Waals surface area contributed by atoms with Gasteiger partial charge in [-0.15, -0.1) is 0 Å². The molecule has 2 unspecified atom stereocenters. The van der Waals surface area contributed by atoms with Gasteiger partial charge in [-0.25, -0.2) is 4.68 Å². The van der Waals surface area contributed by atoms with Crippen LogP contribution in [0.25, 0.3) is 0 Å². The third-order valence-electron chi connectivity index (χ3n) is 7.90. The molecule has 8 nitrogen and oxygen atoms in total. The van der Waals surface area contributed by atoms with Crippen molar-refractivity contribution in [1.82, 2.24) is 20.0 Å². The Morgan fingerprint density at radius 3 is 2.40 bits per heavy atom. The van der Waals surface area contributed by atoms with Crippen LogP contribution in [-0.2, 0) is 17.4 Å². The van der Waals surface area contributed by atoms with Gasteiger partial charge < -0.3 is 10.2 Å². The summed E-state index contributed by atoms with van der Waals surface area (Å²) in [6, 6.07) is 9.34. The number of nitrogens with zero attached hydrogens (tertiary/aromatic N) is 4. The number of hydrogen-bond acceptors (Lipinski definition) is 4. The highest BCUT2D eigenvalue weighted by atomic mass is 79.9. The van der Waals surface area contributed by atoms with Crippen LogP contribution < -0.4 is 10.2 Å². The summed E-state index contributed by atoms with van der Waals surface area (Å²) < 4.78 is 42.3. The number of rotatable bonds is 5. The van der Waals surface area contributed by atoms with Gasteiger partial charge in [0, 0.05) is 40.8 Å². The van der Waals surface area contributed by atoms with E-state index in [4.69, 9.17) is 0 Å². The lowest BCUT2D eigenvalue weighted by Crippen LogP contribution is -2.56. The van der Waals surface area contributed by atoms with Crippen LogP contribution in [0, 0.1) is 11.8 Å². The molecular formula is C30H31BrF3N5O3. The van der Waals surface area contributed by atoms with Gasteiger partial charge in [-0.3, -0.25) is 19.3 Å². The van der Waals surface area contributed by atoms with Crippen molar-refractivity contribution in [3.63, 3.8) is 0 Å². The Kier molecular flexibility index (Phi) is 7.95. The average Bonchev–Trinajstić information content (AvgIpc) is 3.34. The zero-order chi connectivity index (χ0) is 30.5. The Morgan fingerprint density at radius 1 is 1.12 bits per heavy atom. The van der Waals surface area contributed by atoms with Crippen molar-refractivity contribution in [2.45, 2.75) is 51.9 Å². The van der Waals surface area contributed by atoms with E-state index in [1.807, 2.05) is 0 Å². The van der Waals surface area contributed by atoms with Gasteiger partial charge in [-0.05, 0) is 68.1 Å². The highest BCUT2D eigenvalue weighted by Crippen LogP contribution is 2.45. The van der Waals surface area contributed by atoms with Crippen molar-refractivity contribution in [3.05, 3.63) is 75.4 Å². The van der Waals surface area contributed by atoms with Crippen LogP contribution in [0.1, 0.15) is 65.1 Å². The summed E-state index contributed by atoms with van der Waals surface area (Å²) in [6.45, 7) is 6.05. The predicted octanol–water partition coefficient (Wildman–Crippen LogP) is 5.99. The topological polar surface area (TPSA) is 87.5 Å². The van der Waals surface area contributed by atoms with Crippen molar-refractivity contribution >= 4 is 45.2 Å². The lowest BCUT2D eigenvalue weighted by atomic mass is 9.84. The van der Waals surface area contributed by atoms with Crippen molar-refractivity contribution < 1.29 is 27.6 Å². The molecule has 42 heavy (non-hydrogen) atoms. The Morgan fingerprint density at radius 2 is 1.79 bits per heavy atom. The van der Waals surface area contributed by atoms with E-state index in [1.54, 1.807) is 58.9 Å². The number of likely N-dealkylation sites (tertiary alicyclic amines) is 1. The molecule has 3 atom stereocenters. The first-order valence-electron chi connectivity index (χ1n) is 13.7. The number of anilines is 2. The summed E-state index contributed by atoms with van der Waals surface area (Å²) >= 11 is 2.93. The standard InChI is InChI=1S/C30H31BrF3N5O3/c1-16(2)11-20-14-36-39-25-15-37(28(41)19-7-10-24(31)23(13-19)30(32,33)34)17(3)12-22(25)29(42)38(27(20)39)21-8-5-18(6-9-21)26(40)35-4/h5-10,13-14,16-17,22,25H,11-12,15H2,1-4H3,(H,35,40)/t17-,22?,25?/m1/s1. The van der Waals surface area contributed by atoms with E-state index in [1.165, 1.54) is 12.1 Å². The van der Waals surface area contributed by atoms with E-state index in [0.717, 1.165) is 11.6 Å². The lowest BCUT2D eigenvalue weighted by Gasteiger charge is -2.47. The number of aromatic nitrogens is 2. The van der Waals surface area contributed by atoms with E-state index in [-0.39, 0.29) is 34.3 Å². The molecule has 222 valence electrons. The first-order valence-corrected chi connectivity index (χ1v) is 14.5. The maximum Gasteiger partial charge on any atom is 0.417 e. The van der Waals surface area contributed by atoms with Gasteiger partial charge in [0.05, 0.1) is 29.4 Å². The van der Waals surface area contributed by atoms with Gasteiger partial charge in [-0.1, -0.05) is 29.8 Å². The smallest absolute Gasteiger partial charge is 0.355 e. The maximum atomic E-state index is 14.2. The molecule has 5 rings (SSSR count). The highest BCUT2D eigenvalue weighted by Gasteiger charge is 2.48. The second kappa shape index (κ2) is 11.2. The van der Waals surface area contributed by atoms with Crippen molar-refractivity contribution in [1.29, 1.82) is 0 Å². The van der Waals surface area contributed by atoms with Crippen LogP contribution in [-0.4, -0.2) is 52.0 Å². The molecule has 12 heteroatoms. The molecule has 3 heterocycles. The summed E-state index contributed by atoms with van der Waals surface area (Å²) in [5.41, 5.74) is 0.929. The molecule has 1 saturated heterocycles. The van der Waals surface area contributed by atoms with Gasteiger partial charge in [0.25, 0.3) is 11.8 Å². The first kappa shape index (κ1) is 29.8. The Labute approximate surface area is 250 Å². The number of nitrogens with one attached hydrogen (secondary N) is 1. The minimum absolute atomic E-state index is 0.0722. The molecule has 0 spiro atoms. The Hall–Kier alpha value is -3.67. The summed E-state index contributed by atoms with van der Waals surface area (Å²) in [5, 5.41) is 7.27. The molecule has 3 aromatic rings. The zero-order valence-corrected chi connectivity index (χ0v) is 25.2. The van der Waals surface area contributed by atoms with Crippen molar-refractivity contribution in [2.75, 3.05) is 18.5 Å². The fourth-order valence-electron chi connectivity index (χ4n) is 5.89. The quantitative estimate of drug-likeness (QED) is 0.369. The van der Waals surface area contributed by atoms with Gasteiger partial charge in [0.2, 0.25) is 5.91 Å². The van der Waals surface area contributed by atoms with E-state index >= 15 is 0 Å². The van der Waals surface area contributed by atoms with E-state index in [0.29, 0.717) is 29.9 Å². The fraction of sp³-hybridized carbons (Fsp3) is 0.400. The molecule has 2 aliphatic heterocycles. The number of hydrogen-bond donors (Lipinski definition) is 1.